The third kappa shape index (κ3) is 10.0. The van der Waals surface area contributed by atoms with E-state index >= 15 is 0 Å². The van der Waals surface area contributed by atoms with Crippen molar-refractivity contribution in [2.24, 2.45) is 20.5 Å². The molecule has 7 N–H and O–H groups in total. The molecule has 0 fully saturated rings. The smallest absolute Gasteiger partial charge is 0.296 e. The maximum absolute atomic E-state index is 12.8. The van der Waals surface area contributed by atoms with Gasteiger partial charge in [-0.1, -0.05) is 19.2 Å². The molecule has 6 rings (SSSR count). The summed E-state index contributed by atoms with van der Waals surface area (Å²) in [4.78, 5) is 10.7. The summed E-state index contributed by atoms with van der Waals surface area (Å²) in [7, 11) is -17.4. The van der Waals surface area contributed by atoms with Gasteiger partial charge in [-0.05, 0) is 89.8 Å². The van der Waals surface area contributed by atoms with Gasteiger partial charge in [-0.15, -0.1) is 15.3 Å². The molecule has 0 saturated heterocycles. The fourth-order valence-electron chi connectivity index (χ4n) is 5.25. The zero-order valence-corrected chi connectivity index (χ0v) is 34.5. The minimum atomic E-state index is -5.15. The Balaban J connectivity index is 1.47. The third-order valence-electron chi connectivity index (χ3n) is 8.16. The summed E-state index contributed by atoms with van der Waals surface area (Å²) in [6.45, 7) is 6.57. The van der Waals surface area contributed by atoms with E-state index in [-0.39, 0.29) is 66.2 Å². The molecule has 6 aromatic rings. The Labute approximate surface area is 351 Å². The fraction of sp³-hybridized carbons (Fsp3) is 0. The molecule has 0 unspecified atom stereocenters. The van der Waals surface area contributed by atoms with Crippen LogP contribution in [0.3, 0.4) is 0 Å². The summed E-state index contributed by atoms with van der Waals surface area (Å²) in [5.74, 6) is -1.13. The number of azo groups is 2. The second-order valence-electron chi connectivity index (χ2n) is 12.2. The van der Waals surface area contributed by atoms with Crippen LogP contribution >= 0.6 is 11.6 Å². The predicted molar refractivity (Wildman–Crippen MR) is 224 cm³/mol. The van der Waals surface area contributed by atoms with Crippen molar-refractivity contribution in [1.29, 1.82) is 0 Å². The lowest BCUT2D eigenvalue weighted by Gasteiger charge is -2.13. The van der Waals surface area contributed by atoms with Crippen molar-refractivity contribution in [2.75, 3.05) is 16.4 Å². The summed E-state index contributed by atoms with van der Waals surface area (Å²) in [5.41, 5.74) is 5.12. The summed E-state index contributed by atoms with van der Waals surface area (Å²) in [6.07, 6.45) is 0. The Hall–Kier alpha value is -6.74. The number of benzene rings is 5. The molecule has 0 aliphatic heterocycles. The van der Waals surface area contributed by atoms with Gasteiger partial charge in [0.2, 0.25) is 17.2 Å². The van der Waals surface area contributed by atoms with E-state index in [9.17, 15) is 47.9 Å². The summed E-state index contributed by atoms with van der Waals surface area (Å²) in [5, 5.41) is 33.7. The lowest BCUT2D eigenvalue weighted by molar-refractivity contribution is 0.471. The molecule has 1 aromatic heterocycles. The molecular weight excluding hydrogens is 900 g/mol. The first-order valence-corrected chi connectivity index (χ1v) is 22.9. The largest absolute Gasteiger partial charge is 0.507 e. The van der Waals surface area contributed by atoms with E-state index in [4.69, 9.17) is 17.3 Å². The van der Waals surface area contributed by atoms with Crippen LogP contribution in [0.4, 0.5) is 51.7 Å². The van der Waals surface area contributed by atoms with E-state index in [1.165, 1.54) is 60.7 Å². The number of rotatable bonds is 14. The van der Waals surface area contributed by atoms with E-state index in [0.29, 0.717) is 5.69 Å². The maximum atomic E-state index is 12.8. The van der Waals surface area contributed by atoms with Crippen LogP contribution in [0.5, 0.6) is 5.75 Å². The van der Waals surface area contributed by atoms with Crippen molar-refractivity contribution in [1.82, 2.24) is 15.0 Å². The minimum Gasteiger partial charge on any atom is -0.507 e. The van der Waals surface area contributed by atoms with Crippen molar-refractivity contribution < 1.29 is 47.9 Å². The number of anilines is 5. The van der Waals surface area contributed by atoms with E-state index in [1.807, 2.05) is 0 Å². The number of hydrogen-bond acceptors (Lipinski definition) is 19. The molecule has 1 heterocycles. The number of nitrogens with one attached hydrogen (secondary N) is 2. The fourth-order valence-corrected chi connectivity index (χ4v) is 7.98. The lowest BCUT2D eigenvalue weighted by Crippen LogP contribution is -2.05. The number of fused-ring (bicyclic) bond motifs is 1. The molecule has 0 atom stereocenters. The highest BCUT2D eigenvalue weighted by Gasteiger charge is 2.22. The summed E-state index contributed by atoms with van der Waals surface area (Å²) in [6, 6.07) is 16.7. The van der Waals surface area contributed by atoms with Crippen LogP contribution in [0.2, 0.25) is 5.28 Å². The molecule has 26 heteroatoms. The highest BCUT2D eigenvalue weighted by Crippen LogP contribution is 2.43. The van der Waals surface area contributed by atoms with Gasteiger partial charge in [-0.2, -0.15) is 36.9 Å². The number of phenolic OH excluding ortho intramolecular Hbond substituents is 1. The summed E-state index contributed by atoms with van der Waals surface area (Å²) >= 11 is 6.22. The number of nitrogens with zero attached hydrogens (tertiary/aromatic N) is 7. The number of hydrogen-bond donors (Lipinski definition) is 6. The molecular formula is C35H27ClN10O11S4. The van der Waals surface area contributed by atoms with E-state index in [2.05, 4.69) is 59.2 Å². The highest BCUT2D eigenvalue weighted by molar-refractivity contribution is 7.94. The molecule has 21 nitrogen and oxygen atoms in total. The van der Waals surface area contributed by atoms with Crippen LogP contribution in [0, 0.1) is 0 Å². The number of halogens is 1. The Bertz CT molecular complexity index is 3300. The Kier molecular flexibility index (Phi) is 12.0. The normalized spacial score (nSPS) is 12.5. The Morgan fingerprint density at radius 1 is 0.639 bits per heavy atom. The number of aromatic nitrogens is 3. The standard InChI is InChI=1S/C35H27ClN10O11S4/c1-3-58(48,49)22-10-6-20(7-11-22)38-34-40-33(36)41-35(42-34)39-26-17-28(45-46-32-25(37)14-5-19-15-24(60(52,53)54)16-29(47)31(19)32)30(61(55,56)57)18-27(26)44-43-21-8-12-23(13-9-21)59(50,51)4-2/h3-18,47H,1-2,37H2,(H,52,53,54)(H,55,56,57)(H2,38,39,40,41,42). The molecule has 5 aromatic carbocycles. The number of sulfone groups is 2. The molecule has 0 bridgehead atoms. The maximum Gasteiger partial charge on any atom is 0.296 e. The minimum absolute atomic E-state index is 0.0314. The number of aromatic hydroxyl groups is 1. The first-order valence-electron chi connectivity index (χ1n) is 16.5. The molecule has 0 aliphatic rings. The second kappa shape index (κ2) is 16.7. The average Bonchev–Trinajstić information content (AvgIpc) is 3.19. The van der Waals surface area contributed by atoms with Gasteiger partial charge in [0.15, 0.2) is 19.7 Å². The van der Waals surface area contributed by atoms with E-state index in [0.717, 1.165) is 35.1 Å². The Morgan fingerprint density at radius 3 is 1.79 bits per heavy atom. The second-order valence-corrected chi connectivity index (χ2v) is 19.1. The predicted octanol–water partition coefficient (Wildman–Crippen LogP) is 7.61. The Morgan fingerprint density at radius 2 is 1.21 bits per heavy atom. The SMILES string of the molecule is C=CS(=O)(=O)c1ccc(N=Nc2cc(S(=O)(=O)O)c(N=Nc3c(N)ccc4cc(S(=O)(=O)O)cc(O)c34)cc2Nc2nc(Cl)nc(Nc3ccc(S(=O)(=O)C=C)cc3)n2)cc1. The first kappa shape index (κ1) is 43.8. The zero-order valence-electron chi connectivity index (χ0n) is 30.5. The monoisotopic (exact) mass is 926 g/mol. The van der Waals surface area contributed by atoms with E-state index in [1.54, 1.807) is 0 Å². The first-order chi connectivity index (χ1) is 28.6. The molecule has 314 valence electrons. The van der Waals surface area contributed by atoms with Crippen molar-refractivity contribution in [3.8, 4) is 5.75 Å². The molecule has 0 radical (unpaired) electrons. The van der Waals surface area contributed by atoms with Gasteiger partial charge >= 0.3 is 0 Å². The molecule has 0 saturated carbocycles. The van der Waals surface area contributed by atoms with Gasteiger partial charge in [-0.25, -0.2) is 16.8 Å². The number of nitrogen functional groups attached to an aromatic ring is 1. The van der Waals surface area contributed by atoms with E-state index < -0.39 is 61.1 Å². The average molecular weight is 927 g/mol. The van der Waals surface area contributed by atoms with Crippen LogP contribution in [0.25, 0.3) is 10.8 Å². The van der Waals surface area contributed by atoms with Crippen LogP contribution in [0.15, 0.2) is 149 Å². The van der Waals surface area contributed by atoms with Crippen molar-refractivity contribution in [2.45, 2.75) is 19.6 Å². The van der Waals surface area contributed by atoms with Gasteiger partial charge in [-0.3, -0.25) is 9.11 Å². The molecule has 61 heavy (non-hydrogen) atoms. The molecule has 0 aliphatic carbocycles. The lowest BCUT2D eigenvalue weighted by atomic mass is 10.1. The van der Waals surface area contributed by atoms with Gasteiger partial charge in [0.1, 0.15) is 27.7 Å². The summed E-state index contributed by atoms with van der Waals surface area (Å²) < 4.78 is 118. The van der Waals surface area contributed by atoms with Gasteiger partial charge < -0.3 is 21.5 Å². The van der Waals surface area contributed by atoms with Crippen LogP contribution in [-0.2, 0) is 39.9 Å². The van der Waals surface area contributed by atoms with Crippen molar-refractivity contribution in [3.05, 3.63) is 114 Å². The van der Waals surface area contributed by atoms with Gasteiger partial charge in [0.05, 0.1) is 37.1 Å². The van der Waals surface area contributed by atoms with Crippen molar-refractivity contribution in [3.63, 3.8) is 0 Å². The topological polar surface area (TPSA) is 335 Å². The molecule has 0 amide bonds. The number of nitrogens with two attached hydrogens (primary N) is 1. The third-order valence-corrected chi connectivity index (χ3v) is 12.8. The van der Waals surface area contributed by atoms with Gasteiger partial charge in [0.25, 0.3) is 20.2 Å². The van der Waals surface area contributed by atoms with Gasteiger partial charge in [0, 0.05) is 22.6 Å². The quantitative estimate of drug-likeness (QED) is 0.0347. The van der Waals surface area contributed by atoms with Crippen LogP contribution in [0.1, 0.15) is 0 Å². The number of phenols is 1. The van der Waals surface area contributed by atoms with Crippen LogP contribution in [-0.4, -0.2) is 62.8 Å². The molecule has 0 spiro atoms. The van der Waals surface area contributed by atoms with Crippen molar-refractivity contribution >= 4 is 114 Å². The highest BCUT2D eigenvalue weighted by atomic mass is 35.5. The van der Waals surface area contributed by atoms with Crippen LogP contribution < -0.4 is 16.4 Å². The zero-order chi connectivity index (χ0) is 44.5.